The second kappa shape index (κ2) is 8.44. The van der Waals surface area contributed by atoms with Gasteiger partial charge in [-0.2, -0.15) is 4.37 Å². The van der Waals surface area contributed by atoms with E-state index >= 15 is 0 Å². The third kappa shape index (κ3) is 3.87. The minimum atomic E-state index is -0.184. The molecule has 3 aromatic rings. The molecule has 0 aliphatic carbocycles. The fourth-order valence-electron chi connectivity index (χ4n) is 3.16. The Morgan fingerprint density at radius 1 is 1.21 bits per heavy atom. The molecule has 28 heavy (non-hydrogen) atoms. The molecule has 2 unspecified atom stereocenters. The quantitative estimate of drug-likeness (QED) is 0.681. The van der Waals surface area contributed by atoms with Crippen molar-refractivity contribution in [1.82, 2.24) is 19.6 Å². The largest absolute Gasteiger partial charge is 0.388 e. The molecule has 3 heterocycles. The van der Waals surface area contributed by atoms with E-state index in [-0.39, 0.29) is 18.8 Å². The van der Waals surface area contributed by atoms with Gasteiger partial charge in [0.1, 0.15) is 18.5 Å². The maximum atomic E-state index is 9.10. The van der Waals surface area contributed by atoms with E-state index in [2.05, 4.69) is 36.3 Å². The number of rotatable bonds is 4. The first-order valence-electron chi connectivity index (χ1n) is 8.92. The van der Waals surface area contributed by atoms with Gasteiger partial charge in [0.25, 0.3) is 0 Å². The Bertz CT molecular complexity index is 981. The summed E-state index contributed by atoms with van der Waals surface area (Å²) in [4.78, 5) is 6.30. The number of benzene rings is 1. The van der Waals surface area contributed by atoms with Gasteiger partial charge in [-0.1, -0.05) is 30.0 Å². The van der Waals surface area contributed by atoms with Gasteiger partial charge >= 0.3 is 0 Å². The zero-order valence-corrected chi connectivity index (χ0v) is 16.1. The van der Waals surface area contributed by atoms with Gasteiger partial charge in [-0.3, -0.25) is 0 Å². The molecule has 0 radical (unpaired) electrons. The second-order valence-electron chi connectivity index (χ2n) is 6.30. The first-order valence-corrected chi connectivity index (χ1v) is 9.69. The van der Waals surface area contributed by atoms with Crippen LogP contribution in [0.4, 0.5) is 5.82 Å². The first-order chi connectivity index (χ1) is 13.8. The third-order valence-corrected chi connectivity index (χ3v) is 5.30. The smallest absolute Gasteiger partial charge is 0.168 e. The number of nitrogens with zero attached hydrogens (tertiary/aromatic N) is 5. The van der Waals surface area contributed by atoms with Crippen molar-refractivity contribution >= 4 is 17.4 Å². The van der Waals surface area contributed by atoms with Crippen LogP contribution in [0.15, 0.2) is 42.5 Å². The summed E-state index contributed by atoms with van der Waals surface area (Å²) >= 11 is 1.20. The molecule has 2 aromatic heterocycles. The zero-order chi connectivity index (χ0) is 19.3. The predicted octanol–water partition coefficient (Wildman–Crippen LogP) is 2.34. The fourth-order valence-corrected chi connectivity index (χ4v) is 3.80. The van der Waals surface area contributed by atoms with Crippen molar-refractivity contribution in [3.63, 3.8) is 0 Å². The molecule has 1 N–H and O–H groups in total. The number of anilines is 1. The summed E-state index contributed by atoms with van der Waals surface area (Å²) < 4.78 is 9.78. The van der Waals surface area contributed by atoms with E-state index in [4.69, 9.17) is 9.84 Å². The number of ether oxygens (including phenoxy) is 1. The number of hydrogen-bond acceptors (Lipinski definition) is 8. The highest BCUT2D eigenvalue weighted by atomic mass is 32.1. The van der Waals surface area contributed by atoms with E-state index in [9.17, 15) is 0 Å². The van der Waals surface area contributed by atoms with Crippen LogP contribution in [0.2, 0.25) is 0 Å². The first kappa shape index (κ1) is 18.5. The van der Waals surface area contributed by atoms with Crippen molar-refractivity contribution in [2.24, 2.45) is 5.92 Å². The van der Waals surface area contributed by atoms with Crippen LogP contribution in [-0.2, 0) is 11.3 Å². The molecule has 4 rings (SSSR count). The minimum Gasteiger partial charge on any atom is -0.388 e. The second-order valence-corrected chi connectivity index (χ2v) is 7.05. The SMILES string of the molecule is COC1C(C#Cc2ccccc2)CCN1c1ccc(-c2nc(CO)ns2)nn1. The molecule has 142 valence electrons. The fraction of sp³-hybridized carbons (Fsp3) is 0.300. The summed E-state index contributed by atoms with van der Waals surface area (Å²) in [6, 6.07) is 13.7. The summed E-state index contributed by atoms with van der Waals surface area (Å²) in [6.07, 6.45) is 0.733. The maximum Gasteiger partial charge on any atom is 0.168 e. The number of aromatic nitrogens is 4. The number of methoxy groups -OCH3 is 1. The van der Waals surface area contributed by atoms with Gasteiger partial charge in [0.05, 0.1) is 5.92 Å². The lowest BCUT2D eigenvalue weighted by atomic mass is 10.1. The standard InChI is InChI=1S/C20H19N5O2S/c1-27-20-15(8-7-14-5-3-2-4-6-14)11-12-25(20)18-10-9-16(22-23-18)19-21-17(13-26)24-28-19/h2-6,9-10,15,20,26H,11-13H2,1H3. The molecule has 1 saturated heterocycles. The van der Waals surface area contributed by atoms with E-state index in [0.29, 0.717) is 16.5 Å². The molecule has 8 heteroatoms. The lowest BCUT2D eigenvalue weighted by molar-refractivity contribution is 0.0903. The molecule has 7 nitrogen and oxygen atoms in total. The van der Waals surface area contributed by atoms with Crippen LogP contribution in [0.3, 0.4) is 0 Å². The Morgan fingerprint density at radius 3 is 2.75 bits per heavy atom. The van der Waals surface area contributed by atoms with Crippen molar-refractivity contribution in [2.45, 2.75) is 19.3 Å². The van der Waals surface area contributed by atoms with Gasteiger partial charge in [0, 0.05) is 19.2 Å². The van der Waals surface area contributed by atoms with Crippen molar-refractivity contribution in [1.29, 1.82) is 0 Å². The molecule has 1 fully saturated rings. The average Bonchev–Trinajstić information content (AvgIpc) is 3.40. The van der Waals surface area contributed by atoms with Crippen LogP contribution in [0.1, 0.15) is 17.8 Å². The lowest BCUT2D eigenvalue weighted by Gasteiger charge is -2.25. The highest BCUT2D eigenvalue weighted by Gasteiger charge is 2.34. The third-order valence-electron chi connectivity index (χ3n) is 4.52. The molecule has 0 bridgehead atoms. The lowest BCUT2D eigenvalue weighted by Crippen LogP contribution is -2.34. The highest BCUT2D eigenvalue weighted by molar-refractivity contribution is 7.09. The van der Waals surface area contributed by atoms with Gasteiger partial charge in [0.15, 0.2) is 16.6 Å². The molecule has 0 spiro atoms. The Balaban J connectivity index is 1.50. The van der Waals surface area contributed by atoms with E-state index in [1.807, 2.05) is 42.5 Å². The monoisotopic (exact) mass is 393 g/mol. The minimum absolute atomic E-state index is 0.0990. The number of hydrogen-bond donors (Lipinski definition) is 1. The normalized spacial score (nSPS) is 18.7. The summed E-state index contributed by atoms with van der Waals surface area (Å²) in [5.74, 6) is 7.81. The topological polar surface area (TPSA) is 84.3 Å². The zero-order valence-electron chi connectivity index (χ0n) is 15.3. The van der Waals surface area contributed by atoms with E-state index in [0.717, 1.165) is 24.3 Å². The van der Waals surface area contributed by atoms with Gasteiger partial charge in [-0.05, 0) is 42.2 Å². The van der Waals surface area contributed by atoms with Crippen LogP contribution in [-0.4, -0.2) is 44.5 Å². The van der Waals surface area contributed by atoms with Crippen molar-refractivity contribution in [2.75, 3.05) is 18.6 Å². The van der Waals surface area contributed by atoms with E-state index < -0.39 is 0 Å². The van der Waals surface area contributed by atoms with Gasteiger partial charge in [-0.15, -0.1) is 10.2 Å². The Labute approximate surface area is 167 Å². The van der Waals surface area contributed by atoms with Crippen molar-refractivity contribution in [3.8, 4) is 22.5 Å². The maximum absolute atomic E-state index is 9.10. The van der Waals surface area contributed by atoms with Gasteiger partial charge in [0.2, 0.25) is 0 Å². The van der Waals surface area contributed by atoms with Crippen LogP contribution < -0.4 is 4.90 Å². The molecule has 1 aliphatic heterocycles. The summed E-state index contributed by atoms with van der Waals surface area (Å²) in [5, 5.41) is 18.4. The van der Waals surface area contributed by atoms with Crippen molar-refractivity contribution in [3.05, 3.63) is 53.9 Å². The molecule has 2 atom stereocenters. The molecular weight excluding hydrogens is 374 g/mol. The van der Waals surface area contributed by atoms with Crippen LogP contribution in [0.25, 0.3) is 10.7 Å². The summed E-state index contributed by atoms with van der Waals surface area (Å²) in [5.41, 5.74) is 1.63. The molecule has 0 saturated carbocycles. The molecule has 1 aromatic carbocycles. The molecule has 1 aliphatic rings. The van der Waals surface area contributed by atoms with Crippen LogP contribution in [0.5, 0.6) is 0 Å². The van der Waals surface area contributed by atoms with Crippen molar-refractivity contribution < 1.29 is 9.84 Å². The highest BCUT2D eigenvalue weighted by Crippen LogP contribution is 2.29. The van der Waals surface area contributed by atoms with Crippen LogP contribution in [0, 0.1) is 17.8 Å². The Morgan fingerprint density at radius 2 is 2.07 bits per heavy atom. The Kier molecular flexibility index (Phi) is 5.58. The van der Waals surface area contributed by atoms with Gasteiger partial charge < -0.3 is 14.7 Å². The van der Waals surface area contributed by atoms with Gasteiger partial charge in [-0.25, -0.2) is 4.98 Å². The molecule has 0 amide bonds. The number of aliphatic hydroxyl groups is 1. The average molecular weight is 393 g/mol. The summed E-state index contributed by atoms with van der Waals surface area (Å²) in [6.45, 7) is 0.616. The number of aliphatic hydroxyl groups excluding tert-OH is 1. The van der Waals surface area contributed by atoms with Crippen LogP contribution >= 0.6 is 11.5 Å². The molecular formula is C20H19N5O2S. The Hall–Kier alpha value is -2.86. The van der Waals surface area contributed by atoms with E-state index in [1.165, 1.54) is 11.5 Å². The predicted molar refractivity (Wildman–Crippen MR) is 106 cm³/mol. The van der Waals surface area contributed by atoms with E-state index in [1.54, 1.807) is 7.11 Å². The summed E-state index contributed by atoms with van der Waals surface area (Å²) in [7, 11) is 1.69.